The Balaban J connectivity index is 1.62. The standard InChI is InChI=1S/C15H18F3NOS/c16-15(17,18)20-12-1-3-13(4-2-12)21-14(7-8-14)11-5-9-19-10-6-11/h1-4,11,19H,5-10H2. The monoisotopic (exact) mass is 317 g/mol. The van der Waals surface area contributed by atoms with Gasteiger partial charge in [0.2, 0.25) is 0 Å². The van der Waals surface area contributed by atoms with E-state index in [2.05, 4.69) is 10.1 Å². The lowest BCUT2D eigenvalue weighted by molar-refractivity contribution is -0.274. The first kappa shape index (κ1) is 15.0. The largest absolute Gasteiger partial charge is 0.573 e. The molecular weight excluding hydrogens is 299 g/mol. The summed E-state index contributed by atoms with van der Waals surface area (Å²) in [6, 6.07) is 6.25. The predicted molar refractivity (Wildman–Crippen MR) is 76.5 cm³/mol. The molecule has 1 aromatic rings. The van der Waals surface area contributed by atoms with Crippen LogP contribution in [-0.4, -0.2) is 24.2 Å². The fourth-order valence-corrected chi connectivity index (χ4v) is 4.46. The van der Waals surface area contributed by atoms with Crippen molar-refractivity contribution in [3.63, 3.8) is 0 Å². The van der Waals surface area contributed by atoms with Crippen molar-refractivity contribution >= 4 is 11.8 Å². The van der Waals surface area contributed by atoms with E-state index in [1.165, 1.54) is 37.8 Å². The van der Waals surface area contributed by atoms with Crippen molar-refractivity contribution in [2.75, 3.05) is 13.1 Å². The summed E-state index contributed by atoms with van der Waals surface area (Å²) in [5.41, 5.74) is 0. The Bertz CT molecular complexity index is 479. The number of hydrogen-bond acceptors (Lipinski definition) is 3. The van der Waals surface area contributed by atoms with E-state index in [9.17, 15) is 13.2 Å². The molecule has 2 nitrogen and oxygen atoms in total. The molecule has 1 saturated heterocycles. The van der Waals surface area contributed by atoms with Crippen LogP contribution in [0.15, 0.2) is 29.2 Å². The Morgan fingerprint density at radius 3 is 2.24 bits per heavy atom. The Kier molecular flexibility index (Phi) is 4.10. The average molecular weight is 317 g/mol. The van der Waals surface area contributed by atoms with Crippen LogP contribution in [0, 0.1) is 5.92 Å². The van der Waals surface area contributed by atoms with E-state index in [4.69, 9.17) is 0 Å². The molecule has 6 heteroatoms. The summed E-state index contributed by atoms with van der Waals surface area (Å²) in [5.74, 6) is 0.563. The minimum atomic E-state index is -4.62. The normalized spacial score (nSPS) is 22.0. The topological polar surface area (TPSA) is 21.3 Å². The highest BCUT2D eigenvalue weighted by Gasteiger charge is 2.49. The first-order chi connectivity index (χ1) is 9.97. The van der Waals surface area contributed by atoms with Crippen LogP contribution in [0.25, 0.3) is 0 Å². The fourth-order valence-electron chi connectivity index (χ4n) is 3.01. The number of hydrogen-bond donors (Lipinski definition) is 1. The molecule has 1 saturated carbocycles. The van der Waals surface area contributed by atoms with E-state index in [1.54, 1.807) is 12.1 Å². The maximum absolute atomic E-state index is 12.1. The number of rotatable bonds is 4. The third-order valence-electron chi connectivity index (χ3n) is 4.20. The summed E-state index contributed by atoms with van der Waals surface area (Å²) in [6.07, 6.45) is 0.193. The zero-order valence-electron chi connectivity index (χ0n) is 11.6. The van der Waals surface area contributed by atoms with Crippen LogP contribution in [0.2, 0.25) is 0 Å². The number of halogens is 3. The van der Waals surface area contributed by atoms with Gasteiger partial charge in [0.1, 0.15) is 5.75 Å². The van der Waals surface area contributed by atoms with E-state index in [-0.39, 0.29) is 5.75 Å². The van der Waals surface area contributed by atoms with Crippen molar-refractivity contribution in [3.05, 3.63) is 24.3 Å². The molecular formula is C15H18F3NOS. The molecule has 0 amide bonds. The molecule has 21 heavy (non-hydrogen) atoms. The van der Waals surface area contributed by atoms with E-state index in [0.717, 1.165) is 23.9 Å². The predicted octanol–water partition coefficient (Wildman–Crippen LogP) is 4.21. The van der Waals surface area contributed by atoms with Gasteiger partial charge in [0.15, 0.2) is 0 Å². The third-order valence-corrected chi connectivity index (χ3v) is 5.86. The van der Waals surface area contributed by atoms with Crippen LogP contribution in [0.5, 0.6) is 5.75 Å². The van der Waals surface area contributed by atoms with E-state index in [1.807, 2.05) is 11.8 Å². The second-order valence-corrected chi connectivity index (χ2v) is 7.20. The SMILES string of the molecule is FC(F)(F)Oc1ccc(SC2(C3CCNCC3)CC2)cc1. The summed E-state index contributed by atoms with van der Waals surface area (Å²) in [5, 5.41) is 3.38. The van der Waals surface area contributed by atoms with Gasteiger partial charge in [-0.25, -0.2) is 0 Å². The molecule has 0 atom stereocenters. The molecule has 3 rings (SSSR count). The van der Waals surface area contributed by atoms with Crippen molar-refractivity contribution in [1.82, 2.24) is 5.32 Å². The van der Waals surface area contributed by atoms with Gasteiger partial charge in [0, 0.05) is 9.64 Å². The van der Waals surface area contributed by atoms with Gasteiger partial charge < -0.3 is 10.1 Å². The lowest BCUT2D eigenvalue weighted by Gasteiger charge is -2.30. The van der Waals surface area contributed by atoms with E-state index < -0.39 is 6.36 Å². The molecule has 0 spiro atoms. The van der Waals surface area contributed by atoms with Gasteiger partial charge in [-0.05, 0) is 69.0 Å². The van der Waals surface area contributed by atoms with Gasteiger partial charge in [-0.3, -0.25) is 0 Å². The average Bonchev–Trinajstić information content (AvgIpc) is 3.21. The Labute approximate surface area is 126 Å². The van der Waals surface area contributed by atoms with E-state index in [0.29, 0.717) is 4.75 Å². The number of piperidine rings is 1. The van der Waals surface area contributed by atoms with Gasteiger partial charge in [0.25, 0.3) is 0 Å². The first-order valence-corrected chi connectivity index (χ1v) is 8.04. The molecule has 1 aliphatic heterocycles. The lowest BCUT2D eigenvalue weighted by atomic mass is 9.93. The minimum Gasteiger partial charge on any atom is -0.406 e. The van der Waals surface area contributed by atoms with Crippen molar-refractivity contribution in [1.29, 1.82) is 0 Å². The third kappa shape index (κ3) is 3.86. The number of thioether (sulfide) groups is 1. The highest BCUT2D eigenvalue weighted by atomic mass is 32.2. The van der Waals surface area contributed by atoms with Gasteiger partial charge >= 0.3 is 6.36 Å². The molecule has 1 N–H and O–H groups in total. The maximum Gasteiger partial charge on any atom is 0.573 e. The second kappa shape index (κ2) is 5.72. The zero-order chi connectivity index (χ0) is 14.9. The summed E-state index contributed by atoms with van der Waals surface area (Å²) in [7, 11) is 0. The molecule has 1 aliphatic carbocycles. The Hall–Kier alpha value is -0.880. The van der Waals surface area contributed by atoms with Crippen molar-refractivity contribution in [3.8, 4) is 5.75 Å². The maximum atomic E-state index is 12.1. The molecule has 2 aliphatic rings. The summed E-state index contributed by atoms with van der Waals surface area (Å²) in [4.78, 5) is 1.03. The summed E-state index contributed by atoms with van der Waals surface area (Å²) in [6.45, 7) is 2.15. The summed E-state index contributed by atoms with van der Waals surface area (Å²) < 4.78 is 40.6. The van der Waals surface area contributed by atoms with Gasteiger partial charge in [-0.1, -0.05) is 0 Å². The van der Waals surface area contributed by atoms with Crippen LogP contribution in [0.3, 0.4) is 0 Å². The van der Waals surface area contributed by atoms with Crippen molar-refractivity contribution in [2.24, 2.45) is 5.92 Å². The minimum absolute atomic E-state index is 0.154. The second-order valence-electron chi connectivity index (χ2n) is 5.71. The number of ether oxygens (including phenoxy) is 1. The van der Waals surface area contributed by atoms with Crippen molar-refractivity contribution in [2.45, 2.75) is 41.7 Å². The smallest absolute Gasteiger partial charge is 0.406 e. The molecule has 2 fully saturated rings. The highest BCUT2D eigenvalue weighted by molar-refractivity contribution is 8.01. The fraction of sp³-hybridized carbons (Fsp3) is 0.600. The Morgan fingerprint density at radius 2 is 1.71 bits per heavy atom. The van der Waals surface area contributed by atoms with Gasteiger partial charge in [-0.15, -0.1) is 24.9 Å². The molecule has 116 valence electrons. The molecule has 1 heterocycles. The highest BCUT2D eigenvalue weighted by Crippen LogP contribution is 2.58. The molecule has 0 radical (unpaired) electrons. The number of nitrogens with one attached hydrogen (secondary N) is 1. The number of alkyl halides is 3. The molecule has 0 bridgehead atoms. The molecule has 0 unspecified atom stereocenters. The van der Waals surface area contributed by atoms with Crippen LogP contribution in [0.1, 0.15) is 25.7 Å². The van der Waals surface area contributed by atoms with Gasteiger partial charge in [-0.2, -0.15) is 0 Å². The molecule has 0 aromatic heterocycles. The zero-order valence-corrected chi connectivity index (χ0v) is 12.4. The molecule has 1 aromatic carbocycles. The Morgan fingerprint density at radius 1 is 1.10 bits per heavy atom. The lowest BCUT2D eigenvalue weighted by Crippen LogP contribution is -2.33. The van der Waals surface area contributed by atoms with Crippen LogP contribution in [-0.2, 0) is 0 Å². The van der Waals surface area contributed by atoms with Crippen LogP contribution >= 0.6 is 11.8 Å². The summed E-state index contributed by atoms with van der Waals surface area (Å²) >= 11 is 1.83. The van der Waals surface area contributed by atoms with Crippen LogP contribution in [0.4, 0.5) is 13.2 Å². The number of benzene rings is 1. The first-order valence-electron chi connectivity index (χ1n) is 7.22. The van der Waals surface area contributed by atoms with Crippen molar-refractivity contribution < 1.29 is 17.9 Å². The quantitative estimate of drug-likeness (QED) is 0.899. The van der Waals surface area contributed by atoms with Gasteiger partial charge in [0.05, 0.1) is 0 Å². The van der Waals surface area contributed by atoms with E-state index >= 15 is 0 Å². The van der Waals surface area contributed by atoms with Crippen LogP contribution < -0.4 is 10.1 Å².